The van der Waals surface area contributed by atoms with E-state index >= 15 is 0 Å². The van der Waals surface area contributed by atoms with Gasteiger partial charge >= 0.3 is 6.03 Å². The van der Waals surface area contributed by atoms with Gasteiger partial charge in [0.05, 0.1) is 0 Å². The van der Waals surface area contributed by atoms with E-state index in [1.165, 1.54) is 5.56 Å². The second-order valence-corrected chi connectivity index (χ2v) is 7.67. The number of piperidine rings is 1. The Morgan fingerprint density at radius 1 is 1.27 bits per heavy atom. The Hall–Kier alpha value is -1.55. The van der Waals surface area contributed by atoms with Crippen molar-refractivity contribution in [2.75, 3.05) is 13.1 Å². The number of rotatable bonds is 4. The van der Waals surface area contributed by atoms with E-state index in [1.54, 1.807) is 4.90 Å². The quantitative estimate of drug-likeness (QED) is 0.898. The second kappa shape index (κ2) is 7.14. The van der Waals surface area contributed by atoms with Crippen LogP contribution in [-0.4, -0.2) is 30.1 Å². The van der Waals surface area contributed by atoms with Crippen LogP contribution in [0.15, 0.2) is 30.3 Å². The van der Waals surface area contributed by atoms with Crippen LogP contribution in [0, 0.1) is 11.3 Å². The third-order valence-corrected chi connectivity index (χ3v) is 4.19. The van der Waals surface area contributed by atoms with Crippen LogP contribution in [-0.2, 0) is 6.54 Å². The van der Waals surface area contributed by atoms with E-state index in [0.29, 0.717) is 18.5 Å². The molecule has 122 valence electrons. The summed E-state index contributed by atoms with van der Waals surface area (Å²) in [5.74, 6) is 0.509. The van der Waals surface area contributed by atoms with E-state index in [2.05, 4.69) is 50.4 Å². The number of benzene rings is 1. The van der Waals surface area contributed by atoms with Crippen LogP contribution in [0.2, 0.25) is 0 Å². The number of hydrogen-bond acceptors (Lipinski definition) is 2. The molecule has 4 heteroatoms. The minimum atomic E-state index is -0.301. The third-order valence-electron chi connectivity index (χ3n) is 4.19. The maximum atomic E-state index is 11.6. The smallest absolute Gasteiger partial charge is 0.314 e. The van der Waals surface area contributed by atoms with Gasteiger partial charge in [-0.1, -0.05) is 51.1 Å². The Labute approximate surface area is 134 Å². The highest BCUT2D eigenvalue weighted by molar-refractivity contribution is 5.72. The summed E-state index contributed by atoms with van der Waals surface area (Å²) in [7, 11) is 0. The van der Waals surface area contributed by atoms with Crippen molar-refractivity contribution in [1.29, 1.82) is 0 Å². The van der Waals surface area contributed by atoms with Crippen molar-refractivity contribution in [2.45, 2.75) is 46.2 Å². The molecule has 0 saturated carbocycles. The molecular weight excluding hydrogens is 274 g/mol. The van der Waals surface area contributed by atoms with Crippen molar-refractivity contribution in [3.8, 4) is 0 Å². The Morgan fingerprint density at radius 3 is 2.55 bits per heavy atom. The van der Waals surface area contributed by atoms with Crippen molar-refractivity contribution in [3.05, 3.63) is 35.9 Å². The average Bonchev–Trinajstić information content (AvgIpc) is 2.44. The highest BCUT2D eigenvalue weighted by Crippen LogP contribution is 2.30. The first-order valence-corrected chi connectivity index (χ1v) is 8.15. The molecule has 0 radical (unpaired) electrons. The Bertz CT molecular complexity index is 481. The zero-order valence-electron chi connectivity index (χ0n) is 14.0. The van der Waals surface area contributed by atoms with Gasteiger partial charge in [0.1, 0.15) is 0 Å². The maximum absolute atomic E-state index is 11.6. The number of urea groups is 1. The number of nitrogens with one attached hydrogen (secondary N) is 1. The normalized spacial score (nSPS) is 22.6. The fraction of sp³-hybridized carbons (Fsp3) is 0.611. The molecule has 4 nitrogen and oxygen atoms in total. The fourth-order valence-electron chi connectivity index (χ4n) is 3.40. The summed E-state index contributed by atoms with van der Waals surface area (Å²) >= 11 is 0. The van der Waals surface area contributed by atoms with Gasteiger partial charge in [-0.3, -0.25) is 0 Å². The van der Waals surface area contributed by atoms with Crippen LogP contribution in [0.1, 0.15) is 39.2 Å². The maximum Gasteiger partial charge on any atom is 0.314 e. The van der Waals surface area contributed by atoms with Crippen LogP contribution < -0.4 is 11.1 Å². The lowest BCUT2D eigenvalue weighted by atomic mass is 9.80. The molecule has 1 aromatic rings. The van der Waals surface area contributed by atoms with Gasteiger partial charge in [-0.2, -0.15) is 0 Å². The molecule has 1 fully saturated rings. The number of hydrogen-bond donors (Lipinski definition) is 2. The first kappa shape index (κ1) is 16.8. The number of amides is 2. The number of carbonyl (C=O) groups excluding carboxylic acids is 1. The highest BCUT2D eigenvalue weighted by Gasteiger charge is 2.31. The minimum absolute atomic E-state index is 0.273. The minimum Gasteiger partial charge on any atom is -0.351 e. The number of nitrogens with two attached hydrogens (primary N) is 1. The molecular formula is C18H29N3O. The number of carbonyl (C=O) groups is 1. The first-order chi connectivity index (χ1) is 10.3. The summed E-state index contributed by atoms with van der Waals surface area (Å²) in [6.07, 6.45) is 2.22. The van der Waals surface area contributed by atoms with E-state index in [0.717, 1.165) is 25.9 Å². The van der Waals surface area contributed by atoms with Gasteiger partial charge < -0.3 is 16.0 Å². The monoisotopic (exact) mass is 303 g/mol. The Kier molecular flexibility index (Phi) is 5.46. The lowest BCUT2D eigenvalue weighted by Crippen LogP contribution is -2.53. The molecule has 1 aliphatic heterocycles. The molecule has 0 bridgehead atoms. The molecule has 1 saturated heterocycles. The summed E-state index contributed by atoms with van der Waals surface area (Å²) < 4.78 is 0. The summed E-state index contributed by atoms with van der Waals surface area (Å²) in [5, 5.41) is 3.59. The average molecular weight is 303 g/mol. The van der Waals surface area contributed by atoms with Gasteiger partial charge in [0.15, 0.2) is 0 Å². The third kappa shape index (κ3) is 5.34. The Morgan fingerprint density at radius 2 is 1.95 bits per heavy atom. The first-order valence-electron chi connectivity index (χ1n) is 8.15. The molecule has 0 aromatic heterocycles. The molecule has 0 aliphatic carbocycles. The van der Waals surface area contributed by atoms with Crippen LogP contribution in [0.25, 0.3) is 0 Å². The molecule has 1 aromatic carbocycles. The van der Waals surface area contributed by atoms with Gasteiger partial charge in [-0.15, -0.1) is 0 Å². The number of primary amides is 1. The van der Waals surface area contributed by atoms with Crippen molar-refractivity contribution in [2.24, 2.45) is 17.1 Å². The van der Waals surface area contributed by atoms with Crippen molar-refractivity contribution >= 4 is 6.03 Å². The molecule has 0 spiro atoms. The van der Waals surface area contributed by atoms with Crippen LogP contribution in [0.3, 0.4) is 0 Å². The molecule has 2 atom stereocenters. The predicted octanol–water partition coefficient (Wildman–Crippen LogP) is 2.98. The SMILES string of the molecule is CC(C)(C)CC1CC(NCc2ccccc2)CN(C(N)=O)C1. The molecule has 1 aliphatic rings. The summed E-state index contributed by atoms with van der Waals surface area (Å²) in [4.78, 5) is 13.4. The number of likely N-dealkylation sites (tertiary alicyclic amines) is 1. The molecule has 2 amide bonds. The lowest BCUT2D eigenvalue weighted by molar-refractivity contribution is 0.129. The number of nitrogens with zero attached hydrogens (tertiary/aromatic N) is 1. The van der Waals surface area contributed by atoms with E-state index in [1.807, 2.05) is 6.07 Å². The van der Waals surface area contributed by atoms with Crippen LogP contribution in [0.4, 0.5) is 4.79 Å². The molecule has 1 heterocycles. The molecule has 22 heavy (non-hydrogen) atoms. The predicted molar refractivity (Wildman–Crippen MR) is 90.4 cm³/mol. The van der Waals surface area contributed by atoms with Gasteiger partial charge in [0.2, 0.25) is 0 Å². The van der Waals surface area contributed by atoms with E-state index < -0.39 is 0 Å². The van der Waals surface area contributed by atoms with Gasteiger partial charge in [-0.25, -0.2) is 4.79 Å². The Balaban J connectivity index is 1.95. The zero-order valence-corrected chi connectivity index (χ0v) is 14.0. The van der Waals surface area contributed by atoms with E-state index in [9.17, 15) is 4.79 Å². The topological polar surface area (TPSA) is 58.4 Å². The molecule has 2 rings (SSSR count). The van der Waals surface area contributed by atoms with Gasteiger partial charge in [0.25, 0.3) is 0 Å². The van der Waals surface area contributed by atoms with Crippen molar-refractivity contribution < 1.29 is 4.79 Å². The fourth-order valence-corrected chi connectivity index (χ4v) is 3.40. The van der Waals surface area contributed by atoms with Gasteiger partial charge in [-0.05, 0) is 29.7 Å². The van der Waals surface area contributed by atoms with Crippen LogP contribution in [0.5, 0.6) is 0 Å². The van der Waals surface area contributed by atoms with Crippen molar-refractivity contribution in [3.63, 3.8) is 0 Å². The highest BCUT2D eigenvalue weighted by atomic mass is 16.2. The zero-order chi connectivity index (χ0) is 16.2. The van der Waals surface area contributed by atoms with Crippen LogP contribution >= 0.6 is 0 Å². The molecule has 2 unspecified atom stereocenters. The van der Waals surface area contributed by atoms with Gasteiger partial charge in [0, 0.05) is 25.7 Å². The summed E-state index contributed by atoms with van der Waals surface area (Å²) in [6.45, 7) is 9.09. The summed E-state index contributed by atoms with van der Waals surface area (Å²) in [5.41, 5.74) is 7.06. The standard InChI is InChI=1S/C18H29N3O/c1-18(2,3)10-15-9-16(13-21(12-15)17(19)22)20-11-14-7-5-4-6-8-14/h4-8,15-16,20H,9-13H2,1-3H3,(H2,19,22). The van der Waals surface area contributed by atoms with Crippen molar-refractivity contribution in [1.82, 2.24) is 10.2 Å². The van der Waals surface area contributed by atoms with E-state index in [4.69, 9.17) is 5.73 Å². The summed E-state index contributed by atoms with van der Waals surface area (Å²) in [6, 6.07) is 10.4. The lowest BCUT2D eigenvalue weighted by Gasteiger charge is -2.39. The molecule has 3 N–H and O–H groups in total. The van der Waals surface area contributed by atoms with E-state index in [-0.39, 0.29) is 11.4 Å². The largest absolute Gasteiger partial charge is 0.351 e. The second-order valence-electron chi connectivity index (χ2n) is 7.67.